The summed E-state index contributed by atoms with van der Waals surface area (Å²) in [6, 6.07) is 8.29. The Kier molecular flexibility index (Phi) is 3.51. The quantitative estimate of drug-likeness (QED) is 0.777. The molecule has 15 heavy (non-hydrogen) atoms. The Morgan fingerprint density at radius 2 is 2.13 bits per heavy atom. The van der Waals surface area contributed by atoms with Gasteiger partial charge in [-0.05, 0) is 17.7 Å². The number of hydrogen-bond donors (Lipinski definition) is 1. The molecule has 0 spiro atoms. The van der Waals surface area contributed by atoms with E-state index >= 15 is 0 Å². The first-order chi connectivity index (χ1) is 7.31. The molecule has 0 N–H and O–H groups in total. The Hall–Kier alpha value is -0.710. The molecule has 0 saturated carbocycles. The zero-order valence-electron chi connectivity index (χ0n) is 8.72. The minimum absolute atomic E-state index is 0.244. The number of rotatable bonds is 2. The molecule has 1 aromatic carbocycles. The van der Waals surface area contributed by atoms with Gasteiger partial charge in [-0.2, -0.15) is 0 Å². The maximum absolute atomic E-state index is 5.44. The molecular formula is C11H15NO2S. The smallest absolute Gasteiger partial charge is 0.118 e. The minimum Gasteiger partial charge on any atom is -0.497 e. The molecule has 1 fully saturated rings. The maximum Gasteiger partial charge on any atom is 0.118 e. The molecule has 1 aromatic rings. The first-order valence-corrected chi connectivity index (χ1v) is 5.38. The Balaban J connectivity index is 2.13. The van der Waals surface area contributed by atoms with E-state index < -0.39 is 0 Å². The Morgan fingerprint density at radius 3 is 2.73 bits per heavy atom. The average molecular weight is 225 g/mol. The summed E-state index contributed by atoms with van der Waals surface area (Å²) in [5.74, 6) is 0.876. The summed E-state index contributed by atoms with van der Waals surface area (Å²) in [5, 5.41) is 0. The van der Waals surface area contributed by atoms with Crippen molar-refractivity contribution in [3.63, 3.8) is 0 Å². The van der Waals surface area contributed by atoms with E-state index in [0.29, 0.717) is 6.61 Å². The van der Waals surface area contributed by atoms with E-state index in [1.807, 2.05) is 16.4 Å². The normalized spacial score (nSPS) is 22.7. The summed E-state index contributed by atoms with van der Waals surface area (Å²) in [7, 11) is 1.67. The number of hydrogen-bond acceptors (Lipinski definition) is 4. The van der Waals surface area contributed by atoms with Gasteiger partial charge in [0, 0.05) is 6.54 Å². The van der Waals surface area contributed by atoms with Crippen LogP contribution in [0.15, 0.2) is 24.3 Å². The number of ether oxygens (including phenoxy) is 2. The van der Waals surface area contributed by atoms with Crippen molar-refractivity contribution in [3.05, 3.63) is 29.8 Å². The third-order valence-corrected chi connectivity index (χ3v) is 3.08. The van der Waals surface area contributed by atoms with Crippen molar-refractivity contribution < 1.29 is 9.47 Å². The highest BCUT2D eigenvalue weighted by Crippen LogP contribution is 2.26. The Morgan fingerprint density at radius 1 is 1.40 bits per heavy atom. The van der Waals surface area contributed by atoms with Gasteiger partial charge in [0.1, 0.15) is 5.75 Å². The molecule has 1 heterocycles. The molecule has 1 unspecified atom stereocenters. The summed E-state index contributed by atoms with van der Waals surface area (Å²) in [6.07, 6.45) is 0. The van der Waals surface area contributed by atoms with E-state index in [-0.39, 0.29) is 6.04 Å². The van der Waals surface area contributed by atoms with Crippen molar-refractivity contribution in [2.75, 3.05) is 26.9 Å². The van der Waals surface area contributed by atoms with Crippen LogP contribution in [-0.4, -0.2) is 31.2 Å². The number of thiol groups is 1. The number of morpholine rings is 1. The molecular weight excluding hydrogens is 210 g/mol. The van der Waals surface area contributed by atoms with Crippen molar-refractivity contribution in [1.82, 2.24) is 4.31 Å². The van der Waals surface area contributed by atoms with Crippen LogP contribution in [0.4, 0.5) is 0 Å². The van der Waals surface area contributed by atoms with Crippen molar-refractivity contribution >= 4 is 12.8 Å². The average Bonchev–Trinajstić information content (AvgIpc) is 2.30. The van der Waals surface area contributed by atoms with Crippen molar-refractivity contribution in [1.29, 1.82) is 0 Å². The fourth-order valence-electron chi connectivity index (χ4n) is 1.69. The number of benzene rings is 1. The highest BCUT2D eigenvalue weighted by molar-refractivity contribution is 7.77. The van der Waals surface area contributed by atoms with Gasteiger partial charge in [0.05, 0.1) is 26.4 Å². The van der Waals surface area contributed by atoms with Crippen LogP contribution in [0.2, 0.25) is 0 Å². The summed E-state index contributed by atoms with van der Waals surface area (Å²) in [6.45, 7) is 2.33. The topological polar surface area (TPSA) is 21.7 Å². The van der Waals surface area contributed by atoms with Crippen LogP contribution in [0, 0.1) is 0 Å². The van der Waals surface area contributed by atoms with Gasteiger partial charge in [0.15, 0.2) is 0 Å². The molecule has 1 saturated heterocycles. The standard InChI is InChI=1S/C11H15NO2S/c1-13-10-4-2-9(3-5-10)11-8-14-7-6-12(11)15/h2-5,11,15H,6-8H2,1H3. The predicted molar refractivity (Wildman–Crippen MR) is 62.2 cm³/mol. The van der Waals surface area contributed by atoms with Crippen molar-refractivity contribution in [2.24, 2.45) is 0 Å². The Labute approximate surface area is 95.5 Å². The van der Waals surface area contributed by atoms with Gasteiger partial charge >= 0.3 is 0 Å². The molecule has 1 atom stereocenters. The minimum atomic E-state index is 0.244. The molecule has 0 radical (unpaired) electrons. The molecule has 0 amide bonds. The first kappa shape index (κ1) is 10.8. The predicted octanol–water partition coefficient (Wildman–Crippen LogP) is 1.91. The van der Waals surface area contributed by atoms with E-state index in [4.69, 9.17) is 9.47 Å². The molecule has 3 nitrogen and oxygen atoms in total. The van der Waals surface area contributed by atoms with E-state index in [1.54, 1.807) is 7.11 Å². The van der Waals surface area contributed by atoms with E-state index in [1.165, 1.54) is 5.56 Å². The fourth-order valence-corrected chi connectivity index (χ4v) is 1.97. The third-order valence-electron chi connectivity index (χ3n) is 2.60. The summed E-state index contributed by atoms with van der Waals surface area (Å²) < 4.78 is 12.6. The van der Waals surface area contributed by atoms with Crippen molar-refractivity contribution in [3.8, 4) is 5.75 Å². The monoisotopic (exact) mass is 225 g/mol. The highest BCUT2D eigenvalue weighted by Gasteiger charge is 2.21. The van der Waals surface area contributed by atoms with Gasteiger partial charge < -0.3 is 9.47 Å². The molecule has 0 bridgehead atoms. The lowest BCUT2D eigenvalue weighted by Crippen LogP contribution is -2.33. The first-order valence-electron chi connectivity index (χ1n) is 4.98. The van der Waals surface area contributed by atoms with Crippen LogP contribution in [0.1, 0.15) is 11.6 Å². The summed E-state index contributed by atoms with van der Waals surface area (Å²) in [5.41, 5.74) is 1.21. The van der Waals surface area contributed by atoms with Crippen LogP contribution >= 0.6 is 12.8 Å². The van der Waals surface area contributed by atoms with Gasteiger partial charge in [-0.3, -0.25) is 0 Å². The second-order valence-electron chi connectivity index (χ2n) is 3.53. The number of nitrogens with zero attached hydrogens (tertiary/aromatic N) is 1. The van der Waals surface area contributed by atoms with Gasteiger partial charge in [-0.25, -0.2) is 4.31 Å². The lowest BCUT2D eigenvalue weighted by atomic mass is 10.1. The SMILES string of the molecule is COc1ccc(C2COCCN2S)cc1. The molecule has 1 aliphatic rings. The summed E-state index contributed by atoms with van der Waals surface area (Å²) in [4.78, 5) is 0. The van der Waals surface area contributed by atoms with Gasteiger partial charge in [-0.1, -0.05) is 24.9 Å². The summed E-state index contributed by atoms with van der Waals surface area (Å²) >= 11 is 4.44. The highest BCUT2D eigenvalue weighted by atomic mass is 32.1. The lowest BCUT2D eigenvalue weighted by molar-refractivity contribution is 0.0379. The molecule has 82 valence electrons. The van der Waals surface area contributed by atoms with E-state index in [2.05, 4.69) is 24.9 Å². The molecule has 1 aliphatic heterocycles. The lowest BCUT2D eigenvalue weighted by Gasteiger charge is -2.31. The Bertz CT molecular complexity index is 315. The fraction of sp³-hybridized carbons (Fsp3) is 0.455. The van der Waals surface area contributed by atoms with Gasteiger partial charge in [0.25, 0.3) is 0 Å². The zero-order chi connectivity index (χ0) is 10.7. The van der Waals surface area contributed by atoms with Crippen LogP contribution in [0.5, 0.6) is 5.75 Å². The van der Waals surface area contributed by atoms with Crippen LogP contribution in [0.25, 0.3) is 0 Å². The molecule has 0 aliphatic carbocycles. The number of methoxy groups -OCH3 is 1. The van der Waals surface area contributed by atoms with E-state index in [9.17, 15) is 0 Å². The largest absolute Gasteiger partial charge is 0.497 e. The second-order valence-corrected chi connectivity index (χ2v) is 4.04. The molecule has 4 heteroatoms. The van der Waals surface area contributed by atoms with Crippen LogP contribution in [0.3, 0.4) is 0 Å². The van der Waals surface area contributed by atoms with E-state index in [0.717, 1.165) is 18.9 Å². The molecule has 0 aromatic heterocycles. The van der Waals surface area contributed by atoms with Gasteiger partial charge in [-0.15, -0.1) is 0 Å². The molecule has 2 rings (SSSR count). The zero-order valence-corrected chi connectivity index (χ0v) is 9.61. The van der Waals surface area contributed by atoms with Gasteiger partial charge in [0.2, 0.25) is 0 Å². The van der Waals surface area contributed by atoms with Crippen LogP contribution in [-0.2, 0) is 4.74 Å². The van der Waals surface area contributed by atoms with Crippen LogP contribution < -0.4 is 4.74 Å². The third kappa shape index (κ3) is 2.45. The second kappa shape index (κ2) is 4.88. The maximum atomic E-state index is 5.44. The van der Waals surface area contributed by atoms with Crippen molar-refractivity contribution in [2.45, 2.75) is 6.04 Å².